The van der Waals surface area contributed by atoms with Gasteiger partial charge in [0.05, 0.1) is 22.0 Å². The van der Waals surface area contributed by atoms with Crippen LogP contribution in [0.25, 0.3) is 11.3 Å². The van der Waals surface area contributed by atoms with Crippen LogP contribution >= 0.6 is 12.4 Å². The minimum atomic E-state index is -0.761. The van der Waals surface area contributed by atoms with Crippen molar-refractivity contribution in [1.82, 2.24) is 20.4 Å². The summed E-state index contributed by atoms with van der Waals surface area (Å²) >= 11 is 0. The first kappa shape index (κ1) is 21.9. The van der Waals surface area contributed by atoms with Crippen molar-refractivity contribution < 1.29 is 9.34 Å². The second kappa shape index (κ2) is 8.15. The first-order valence-electron chi connectivity index (χ1n) is 9.17. The first-order chi connectivity index (χ1) is 14.3. The highest BCUT2D eigenvalue weighted by atomic mass is 35.5. The molecule has 0 atom stereocenters. The van der Waals surface area contributed by atoms with Gasteiger partial charge in [0.25, 0.3) is 16.8 Å². The maximum absolute atomic E-state index is 12.5. The number of aromatic nitrogens is 4. The predicted octanol–water partition coefficient (Wildman–Crippen LogP) is 3.41. The molecule has 0 radical (unpaired) electrons. The minimum Gasteiger partial charge on any atom is -0.460 e. The largest absolute Gasteiger partial charge is 0.460 e. The van der Waals surface area contributed by atoms with Gasteiger partial charge in [-0.2, -0.15) is 0 Å². The van der Waals surface area contributed by atoms with Crippen LogP contribution in [-0.4, -0.2) is 25.3 Å². The Morgan fingerprint density at radius 2 is 1.48 bits per heavy atom. The monoisotopic (exact) mass is 445 g/mol. The Labute approximate surface area is 181 Å². The van der Waals surface area contributed by atoms with Crippen molar-refractivity contribution in [3.8, 4) is 11.3 Å². The maximum Gasteiger partial charge on any atom is 0.270 e. The van der Waals surface area contributed by atoms with E-state index in [1.54, 1.807) is 32.0 Å². The Balaban J connectivity index is 0.00000272. The number of hydrogen-bond donors (Lipinski definition) is 4. The van der Waals surface area contributed by atoms with Gasteiger partial charge in [-0.25, -0.2) is 0 Å². The van der Waals surface area contributed by atoms with Gasteiger partial charge in [-0.3, -0.25) is 29.9 Å². The van der Waals surface area contributed by atoms with Crippen LogP contribution in [0.2, 0.25) is 0 Å². The van der Waals surface area contributed by atoms with Crippen LogP contribution in [0.4, 0.5) is 5.69 Å². The van der Waals surface area contributed by atoms with E-state index in [-0.39, 0.29) is 29.2 Å². The zero-order valence-electron chi connectivity index (χ0n) is 16.9. The number of hydrogen-bond acceptors (Lipinski definition) is 5. The van der Waals surface area contributed by atoms with Crippen molar-refractivity contribution in [2.75, 3.05) is 0 Å². The van der Waals surface area contributed by atoms with Gasteiger partial charge >= 0.3 is 0 Å². The molecule has 4 N–H and O–H groups in total. The molecule has 162 valence electrons. The van der Waals surface area contributed by atoms with Gasteiger partial charge in [0.2, 0.25) is 0 Å². The van der Waals surface area contributed by atoms with Crippen molar-refractivity contribution in [1.29, 1.82) is 0 Å². The SMILES string of the molecule is Cc1ccc([N+](=O)[O-])cc1-c1ccc(C(c2c(C)[nH][nH]c2=O)c2c(C)[nH][nH]c2=O)o1.Cl. The molecule has 3 aromatic heterocycles. The second-order valence-corrected chi connectivity index (χ2v) is 7.13. The Morgan fingerprint density at radius 1 is 0.903 bits per heavy atom. The Morgan fingerprint density at radius 3 is 1.97 bits per heavy atom. The summed E-state index contributed by atoms with van der Waals surface area (Å²) in [6.07, 6.45) is 0. The van der Waals surface area contributed by atoms with Crippen LogP contribution in [0.5, 0.6) is 0 Å². The van der Waals surface area contributed by atoms with Crippen LogP contribution in [-0.2, 0) is 0 Å². The smallest absolute Gasteiger partial charge is 0.270 e. The molecule has 0 fully saturated rings. The lowest BCUT2D eigenvalue weighted by Gasteiger charge is -2.13. The summed E-state index contributed by atoms with van der Waals surface area (Å²) in [5.74, 6) is 0.0190. The van der Waals surface area contributed by atoms with E-state index in [1.807, 2.05) is 6.92 Å². The van der Waals surface area contributed by atoms with E-state index in [9.17, 15) is 19.7 Å². The number of benzene rings is 1. The zero-order chi connectivity index (χ0) is 21.6. The molecule has 4 aromatic rings. The van der Waals surface area contributed by atoms with E-state index in [4.69, 9.17) is 4.42 Å². The Hall–Kier alpha value is -3.79. The molecular formula is C20H20ClN5O5. The summed E-state index contributed by atoms with van der Waals surface area (Å²) in [7, 11) is 0. The molecule has 0 aliphatic heterocycles. The summed E-state index contributed by atoms with van der Waals surface area (Å²) in [4.78, 5) is 35.7. The molecule has 0 saturated carbocycles. The van der Waals surface area contributed by atoms with Crippen LogP contribution in [0.3, 0.4) is 0 Å². The van der Waals surface area contributed by atoms with Gasteiger partial charge < -0.3 is 14.6 Å². The van der Waals surface area contributed by atoms with E-state index in [0.29, 0.717) is 39.6 Å². The van der Waals surface area contributed by atoms with E-state index in [2.05, 4.69) is 20.4 Å². The van der Waals surface area contributed by atoms with E-state index >= 15 is 0 Å². The minimum absolute atomic E-state index is 0. The third-order valence-electron chi connectivity index (χ3n) is 5.21. The van der Waals surface area contributed by atoms with Gasteiger partial charge in [-0.15, -0.1) is 12.4 Å². The molecule has 1 aromatic carbocycles. The van der Waals surface area contributed by atoms with Gasteiger partial charge in [-0.05, 0) is 38.5 Å². The number of aryl methyl sites for hydroxylation is 3. The summed E-state index contributed by atoms with van der Waals surface area (Å²) in [5.41, 5.74) is 2.46. The molecular weight excluding hydrogens is 426 g/mol. The normalized spacial score (nSPS) is 11.0. The lowest BCUT2D eigenvalue weighted by atomic mass is 9.89. The summed E-state index contributed by atoms with van der Waals surface area (Å²) < 4.78 is 6.06. The number of nitrogens with one attached hydrogen (secondary N) is 4. The standard InChI is InChI=1S/C20H19N5O5.ClH/c1-9-4-5-12(25(28)29)8-13(9)14-6-7-15(30-14)18(16-10(2)21-23-19(16)26)17-11(3)22-24-20(17)27;/h4-8,18H,1-3H3,(H2,21,23,26)(H2,22,24,27);1H. The van der Waals surface area contributed by atoms with Gasteiger partial charge in [-0.1, -0.05) is 6.07 Å². The second-order valence-electron chi connectivity index (χ2n) is 7.13. The topological polar surface area (TPSA) is 154 Å². The van der Waals surface area contributed by atoms with Crippen molar-refractivity contribution in [2.24, 2.45) is 0 Å². The van der Waals surface area contributed by atoms with Crippen LogP contribution < -0.4 is 11.1 Å². The quantitative estimate of drug-likeness (QED) is 0.274. The number of rotatable bonds is 5. The molecule has 0 spiro atoms. The lowest BCUT2D eigenvalue weighted by Crippen LogP contribution is -2.19. The summed E-state index contributed by atoms with van der Waals surface area (Å²) in [6, 6.07) is 7.87. The van der Waals surface area contributed by atoms with Gasteiger partial charge in [0.15, 0.2) is 0 Å². The molecule has 3 heterocycles. The fraction of sp³-hybridized carbons (Fsp3) is 0.200. The van der Waals surface area contributed by atoms with Crippen molar-refractivity contribution in [3.63, 3.8) is 0 Å². The number of nitro benzene ring substituents is 1. The highest BCUT2D eigenvalue weighted by molar-refractivity contribution is 5.85. The number of non-ortho nitro benzene ring substituents is 1. The highest BCUT2D eigenvalue weighted by Crippen LogP contribution is 2.36. The molecule has 11 heteroatoms. The molecule has 10 nitrogen and oxygen atoms in total. The van der Waals surface area contributed by atoms with E-state index in [1.165, 1.54) is 12.1 Å². The van der Waals surface area contributed by atoms with E-state index in [0.717, 1.165) is 5.56 Å². The number of nitro groups is 1. The average molecular weight is 446 g/mol. The lowest BCUT2D eigenvalue weighted by molar-refractivity contribution is -0.384. The van der Waals surface area contributed by atoms with Crippen molar-refractivity contribution in [3.05, 3.63) is 95.0 Å². The summed E-state index contributed by atoms with van der Waals surface area (Å²) in [6.45, 7) is 5.27. The molecule has 0 saturated heterocycles. The van der Waals surface area contributed by atoms with Gasteiger partial charge in [0.1, 0.15) is 11.5 Å². The fourth-order valence-corrected chi connectivity index (χ4v) is 3.68. The number of furan rings is 1. The Kier molecular flexibility index (Phi) is 5.76. The zero-order valence-corrected chi connectivity index (χ0v) is 17.7. The van der Waals surface area contributed by atoms with Crippen LogP contribution in [0.1, 0.15) is 39.8 Å². The molecule has 4 rings (SSSR count). The number of halogens is 1. The molecule has 0 aliphatic rings. The number of aromatic amines is 4. The molecule has 0 aliphatic carbocycles. The number of nitrogens with zero attached hydrogens (tertiary/aromatic N) is 1. The van der Waals surface area contributed by atoms with E-state index < -0.39 is 10.8 Å². The maximum atomic E-state index is 12.5. The summed E-state index contributed by atoms with van der Waals surface area (Å²) in [5, 5.41) is 21.8. The van der Waals surface area contributed by atoms with Crippen LogP contribution in [0.15, 0.2) is 44.3 Å². The third-order valence-corrected chi connectivity index (χ3v) is 5.21. The molecule has 0 amide bonds. The van der Waals surface area contributed by atoms with Gasteiger partial charge in [0, 0.05) is 29.1 Å². The van der Waals surface area contributed by atoms with Crippen LogP contribution in [0, 0.1) is 30.9 Å². The molecule has 0 unspecified atom stereocenters. The third kappa shape index (κ3) is 3.73. The predicted molar refractivity (Wildman–Crippen MR) is 116 cm³/mol. The highest BCUT2D eigenvalue weighted by Gasteiger charge is 2.31. The molecule has 0 bridgehead atoms. The van der Waals surface area contributed by atoms with Crippen molar-refractivity contribution >= 4 is 18.1 Å². The first-order valence-corrected chi connectivity index (χ1v) is 9.17. The average Bonchev–Trinajstić information content (AvgIpc) is 3.39. The molecule has 31 heavy (non-hydrogen) atoms. The number of H-pyrrole nitrogens is 4. The Bertz CT molecular complexity index is 1320. The fourth-order valence-electron chi connectivity index (χ4n) is 3.68. The van der Waals surface area contributed by atoms with Crippen molar-refractivity contribution in [2.45, 2.75) is 26.7 Å².